The molecular weight excluding hydrogens is 216 g/mol. The predicted molar refractivity (Wildman–Crippen MR) is 65.4 cm³/mol. The number of amides is 1. The highest BCUT2D eigenvalue weighted by Crippen LogP contribution is 2.25. The van der Waals surface area contributed by atoms with Gasteiger partial charge in [-0.1, -0.05) is 0 Å². The van der Waals surface area contributed by atoms with E-state index in [1.54, 1.807) is 6.20 Å². The molecule has 1 aliphatic heterocycles. The van der Waals surface area contributed by atoms with Crippen molar-refractivity contribution in [3.05, 3.63) is 18.5 Å². The average Bonchev–Trinajstić information content (AvgIpc) is 2.83. The minimum absolute atomic E-state index is 0.150. The van der Waals surface area contributed by atoms with E-state index in [0.717, 1.165) is 32.5 Å². The fraction of sp³-hybridized carbons (Fsp3) is 0.667. The largest absolute Gasteiger partial charge is 0.354 e. The molecule has 0 saturated carbocycles. The number of piperidine rings is 1. The first-order valence-electron chi connectivity index (χ1n) is 6.17. The number of nitrogens with zero attached hydrogens (tertiary/aromatic N) is 2. The van der Waals surface area contributed by atoms with Crippen LogP contribution in [-0.4, -0.2) is 35.3 Å². The highest BCUT2D eigenvalue weighted by molar-refractivity contribution is 5.82. The summed E-state index contributed by atoms with van der Waals surface area (Å²) in [5.41, 5.74) is -0.248. The molecule has 1 aromatic heterocycles. The zero-order valence-corrected chi connectivity index (χ0v) is 10.3. The van der Waals surface area contributed by atoms with Crippen molar-refractivity contribution in [3.63, 3.8) is 0 Å². The van der Waals surface area contributed by atoms with Crippen LogP contribution in [0.4, 0.5) is 0 Å². The number of rotatable bonds is 4. The van der Waals surface area contributed by atoms with E-state index in [-0.39, 0.29) is 11.3 Å². The number of hydrogen-bond donors (Lipinski definition) is 2. The van der Waals surface area contributed by atoms with Crippen molar-refractivity contribution in [3.8, 4) is 0 Å². The quantitative estimate of drug-likeness (QED) is 0.795. The van der Waals surface area contributed by atoms with Crippen LogP contribution in [0.1, 0.15) is 19.8 Å². The Labute approximate surface area is 102 Å². The molecule has 0 aliphatic carbocycles. The van der Waals surface area contributed by atoms with Crippen molar-refractivity contribution in [1.29, 1.82) is 0 Å². The molecule has 5 nitrogen and oxygen atoms in total. The third-order valence-corrected chi connectivity index (χ3v) is 3.33. The maximum Gasteiger partial charge on any atom is 0.227 e. The van der Waals surface area contributed by atoms with Crippen molar-refractivity contribution < 1.29 is 4.79 Å². The highest BCUT2D eigenvalue weighted by atomic mass is 16.2. The van der Waals surface area contributed by atoms with Crippen LogP contribution in [0.25, 0.3) is 0 Å². The van der Waals surface area contributed by atoms with Gasteiger partial charge in [-0.15, -0.1) is 0 Å². The summed E-state index contributed by atoms with van der Waals surface area (Å²) in [6.45, 7) is 5.19. The van der Waals surface area contributed by atoms with Gasteiger partial charge in [-0.25, -0.2) is 0 Å². The molecule has 2 N–H and O–H groups in total. The van der Waals surface area contributed by atoms with Gasteiger partial charge in [-0.05, 0) is 32.4 Å². The summed E-state index contributed by atoms with van der Waals surface area (Å²) in [5.74, 6) is 0.150. The summed E-state index contributed by atoms with van der Waals surface area (Å²) in [4.78, 5) is 12.1. The van der Waals surface area contributed by atoms with E-state index in [2.05, 4.69) is 15.7 Å². The molecule has 94 valence electrons. The standard InChI is InChI=1S/C12H20N4O/c1-12(4-2-5-13-10-12)11(17)14-7-9-16-8-3-6-15-16/h3,6,8,13H,2,4-5,7,9-10H2,1H3,(H,14,17). The minimum Gasteiger partial charge on any atom is -0.354 e. The normalized spacial score (nSPS) is 24.5. The van der Waals surface area contributed by atoms with E-state index in [9.17, 15) is 4.79 Å². The van der Waals surface area contributed by atoms with Crippen LogP contribution >= 0.6 is 0 Å². The van der Waals surface area contributed by atoms with Gasteiger partial charge in [0, 0.05) is 25.5 Å². The molecule has 17 heavy (non-hydrogen) atoms. The van der Waals surface area contributed by atoms with Crippen molar-refractivity contribution >= 4 is 5.91 Å². The monoisotopic (exact) mass is 236 g/mol. The lowest BCUT2D eigenvalue weighted by Crippen LogP contribution is -2.49. The topological polar surface area (TPSA) is 59.0 Å². The van der Waals surface area contributed by atoms with Crippen LogP contribution in [0, 0.1) is 5.41 Å². The first-order chi connectivity index (χ1) is 8.21. The van der Waals surface area contributed by atoms with Crippen molar-refractivity contribution in [2.75, 3.05) is 19.6 Å². The van der Waals surface area contributed by atoms with Gasteiger partial charge in [0.15, 0.2) is 0 Å². The van der Waals surface area contributed by atoms with Crippen LogP contribution in [0.3, 0.4) is 0 Å². The van der Waals surface area contributed by atoms with Gasteiger partial charge in [-0.3, -0.25) is 9.48 Å². The number of carbonyl (C=O) groups excluding carboxylic acids is 1. The summed E-state index contributed by atoms with van der Waals surface area (Å²) in [7, 11) is 0. The lowest BCUT2D eigenvalue weighted by molar-refractivity contribution is -0.131. The van der Waals surface area contributed by atoms with Crippen LogP contribution in [0.15, 0.2) is 18.5 Å². The molecule has 1 aromatic rings. The first-order valence-corrected chi connectivity index (χ1v) is 6.17. The SMILES string of the molecule is CC1(C(=O)NCCn2cccn2)CCCNC1. The second-order valence-corrected chi connectivity index (χ2v) is 4.87. The highest BCUT2D eigenvalue weighted by Gasteiger charge is 2.34. The van der Waals surface area contributed by atoms with Gasteiger partial charge >= 0.3 is 0 Å². The zero-order valence-electron chi connectivity index (χ0n) is 10.3. The number of carbonyl (C=O) groups is 1. The van der Waals surface area contributed by atoms with Crippen LogP contribution < -0.4 is 10.6 Å². The maximum atomic E-state index is 12.1. The Morgan fingerprint density at radius 3 is 3.18 bits per heavy atom. The molecule has 0 bridgehead atoms. The molecule has 2 heterocycles. The average molecular weight is 236 g/mol. The van der Waals surface area contributed by atoms with Crippen molar-refractivity contribution in [2.45, 2.75) is 26.3 Å². The predicted octanol–water partition coefficient (Wildman–Crippen LogP) is 0.389. The number of nitrogens with one attached hydrogen (secondary N) is 2. The number of hydrogen-bond acceptors (Lipinski definition) is 3. The van der Waals surface area contributed by atoms with Gasteiger partial charge in [-0.2, -0.15) is 5.10 Å². The fourth-order valence-electron chi connectivity index (χ4n) is 2.18. The molecular formula is C12H20N4O. The van der Waals surface area contributed by atoms with Crippen molar-refractivity contribution in [2.24, 2.45) is 5.41 Å². The molecule has 5 heteroatoms. The second kappa shape index (κ2) is 5.31. The Morgan fingerprint density at radius 2 is 2.53 bits per heavy atom. The van der Waals surface area contributed by atoms with Gasteiger partial charge in [0.2, 0.25) is 5.91 Å². The maximum absolute atomic E-state index is 12.1. The summed E-state index contributed by atoms with van der Waals surface area (Å²) in [6.07, 6.45) is 5.68. The Balaban J connectivity index is 1.76. The lowest BCUT2D eigenvalue weighted by Gasteiger charge is -2.32. The van der Waals surface area contributed by atoms with E-state index >= 15 is 0 Å². The Hall–Kier alpha value is -1.36. The van der Waals surface area contributed by atoms with Crippen molar-refractivity contribution in [1.82, 2.24) is 20.4 Å². The number of aromatic nitrogens is 2. The van der Waals surface area contributed by atoms with Crippen LogP contribution in [0.5, 0.6) is 0 Å². The molecule has 1 atom stereocenters. The summed E-state index contributed by atoms with van der Waals surface area (Å²) >= 11 is 0. The van der Waals surface area contributed by atoms with E-state index in [1.807, 2.05) is 23.9 Å². The zero-order chi connectivity index (χ0) is 12.1. The van der Waals surface area contributed by atoms with E-state index in [4.69, 9.17) is 0 Å². The van der Waals surface area contributed by atoms with E-state index in [0.29, 0.717) is 6.54 Å². The molecule has 2 rings (SSSR count). The molecule has 1 amide bonds. The third kappa shape index (κ3) is 3.06. The summed E-state index contributed by atoms with van der Waals surface area (Å²) in [5, 5.41) is 10.4. The van der Waals surface area contributed by atoms with Crippen LogP contribution in [0.2, 0.25) is 0 Å². The lowest BCUT2D eigenvalue weighted by atomic mass is 9.82. The fourth-order valence-corrected chi connectivity index (χ4v) is 2.18. The smallest absolute Gasteiger partial charge is 0.227 e. The first kappa shape index (κ1) is 12.1. The molecule has 1 aliphatic rings. The van der Waals surface area contributed by atoms with Crippen LogP contribution in [-0.2, 0) is 11.3 Å². The van der Waals surface area contributed by atoms with Gasteiger partial charge < -0.3 is 10.6 Å². The van der Waals surface area contributed by atoms with Gasteiger partial charge in [0.1, 0.15) is 0 Å². The van der Waals surface area contributed by atoms with E-state index in [1.165, 1.54) is 0 Å². The summed E-state index contributed by atoms with van der Waals surface area (Å²) < 4.78 is 1.82. The minimum atomic E-state index is -0.248. The Kier molecular flexibility index (Phi) is 3.78. The second-order valence-electron chi connectivity index (χ2n) is 4.87. The Morgan fingerprint density at radius 1 is 1.65 bits per heavy atom. The molecule has 0 aromatic carbocycles. The molecule has 1 unspecified atom stereocenters. The molecule has 1 saturated heterocycles. The Bertz CT molecular complexity index is 355. The molecule has 0 radical (unpaired) electrons. The molecule has 0 spiro atoms. The van der Waals surface area contributed by atoms with Gasteiger partial charge in [0.25, 0.3) is 0 Å². The van der Waals surface area contributed by atoms with Gasteiger partial charge in [0.05, 0.1) is 12.0 Å². The summed E-state index contributed by atoms with van der Waals surface area (Å²) in [6, 6.07) is 1.88. The van der Waals surface area contributed by atoms with E-state index < -0.39 is 0 Å². The third-order valence-electron chi connectivity index (χ3n) is 3.33. The molecule has 1 fully saturated rings.